The molecule has 1 aliphatic heterocycles. The minimum absolute atomic E-state index is 0.0306. The third-order valence-electron chi connectivity index (χ3n) is 2.30. The zero-order valence-corrected chi connectivity index (χ0v) is 7.54. The quantitative estimate of drug-likeness (QED) is 0.735. The highest BCUT2D eigenvalue weighted by Crippen LogP contribution is 2.25. The summed E-state index contributed by atoms with van der Waals surface area (Å²) in [6.45, 7) is 1.88. The van der Waals surface area contributed by atoms with Crippen LogP contribution >= 0.6 is 0 Å². The number of carboxylic acids is 1. The molecule has 0 atom stereocenters. The molecule has 0 bridgehead atoms. The van der Waals surface area contributed by atoms with Crippen LogP contribution in [-0.2, 0) is 11.3 Å². The van der Waals surface area contributed by atoms with Crippen LogP contribution in [0.5, 0.6) is 0 Å². The Morgan fingerprint density at radius 1 is 1.57 bits per heavy atom. The summed E-state index contributed by atoms with van der Waals surface area (Å²) >= 11 is 0. The van der Waals surface area contributed by atoms with Crippen LogP contribution < -0.4 is 0 Å². The van der Waals surface area contributed by atoms with Crippen molar-refractivity contribution in [1.82, 2.24) is 0 Å². The molecule has 0 aliphatic carbocycles. The summed E-state index contributed by atoms with van der Waals surface area (Å²) < 4.78 is 13.2. The smallest absolute Gasteiger partial charge is 0.354 e. The van der Waals surface area contributed by atoms with Crippen molar-refractivity contribution in [2.24, 2.45) is 4.99 Å². The third kappa shape index (κ3) is 1.11. The van der Waals surface area contributed by atoms with Crippen molar-refractivity contribution in [3.8, 4) is 0 Å². The molecule has 1 aromatic rings. The highest BCUT2D eigenvalue weighted by Gasteiger charge is 2.25. The largest absolute Gasteiger partial charge is 0.477 e. The van der Waals surface area contributed by atoms with Gasteiger partial charge in [-0.2, -0.15) is 0 Å². The monoisotopic (exact) mass is 193 g/mol. The minimum Gasteiger partial charge on any atom is -0.477 e. The molecule has 3 nitrogen and oxygen atoms in total. The van der Waals surface area contributed by atoms with Crippen molar-refractivity contribution in [2.75, 3.05) is 0 Å². The maximum Gasteiger partial charge on any atom is 0.354 e. The zero-order valence-electron chi connectivity index (χ0n) is 7.54. The maximum atomic E-state index is 13.2. The second kappa shape index (κ2) is 2.90. The molecule has 2 rings (SSSR count). The normalized spacial score (nSPS) is 13.7. The van der Waals surface area contributed by atoms with Gasteiger partial charge in [-0.15, -0.1) is 0 Å². The summed E-state index contributed by atoms with van der Waals surface area (Å²) in [6.07, 6.45) is 0. The summed E-state index contributed by atoms with van der Waals surface area (Å²) in [6, 6.07) is 2.91. The Bertz CT molecular complexity index is 452. The van der Waals surface area contributed by atoms with E-state index < -0.39 is 5.97 Å². The van der Waals surface area contributed by atoms with E-state index >= 15 is 0 Å². The number of aliphatic imine (C=N–C) groups is 1. The average molecular weight is 193 g/mol. The first-order valence-corrected chi connectivity index (χ1v) is 4.17. The first-order valence-electron chi connectivity index (χ1n) is 4.17. The van der Waals surface area contributed by atoms with Crippen LogP contribution in [0.3, 0.4) is 0 Å². The molecule has 1 N–H and O–H groups in total. The highest BCUT2D eigenvalue weighted by atomic mass is 19.1. The molecule has 0 aromatic heterocycles. The molecule has 0 amide bonds. The van der Waals surface area contributed by atoms with Gasteiger partial charge < -0.3 is 5.11 Å². The molecule has 0 radical (unpaired) electrons. The standard InChI is InChI=1S/C10H8FNO2/c1-5-2-3-7(11)6-4-12-9(8(5)6)10(13)14/h2-3H,4H2,1H3,(H,13,14). The van der Waals surface area contributed by atoms with Crippen LogP contribution in [0.1, 0.15) is 16.7 Å². The van der Waals surface area contributed by atoms with Crippen LogP contribution in [0.15, 0.2) is 17.1 Å². The molecule has 4 heteroatoms. The highest BCUT2D eigenvalue weighted by molar-refractivity contribution is 6.43. The fraction of sp³-hybridized carbons (Fsp3) is 0.200. The van der Waals surface area contributed by atoms with E-state index in [4.69, 9.17) is 5.11 Å². The Morgan fingerprint density at radius 2 is 2.29 bits per heavy atom. The summed E-state index contributed by atoms with van der Waals surface area (Å²) in [7, 11) is 0. The number of aryl methyl sites for hydroxylation is 1. The van der Waals surface area contributed by atoms with Gasteiger partial charge in [-0.3, -0.25) is 4.99 Å². The van der Waals surface area contributed by atoms with Gasteiger partial charge in [0.15, 0.2) is 5.71 Å². The van der Waals surface area contributed by atoms with Gasteiger partial charge in [0.2, 0.25) is 0 Å². The summed E-state index contributed by atoms with van der Waals surface area (Å²) in [4.78, 5) is 14.6. The Kier molecular flexibility index (Phi) is 1.84. The first-order chi connectivity index (χ1) is 6.61. The molecule has 0 spiro atoms. The summed E-state index contributed by atoms with van der Waals surface area (Å²) in [5.41, 5.74) is 1.55. The fourth-order valence-corrected chi connectivity index (χ4v) is 1.64. The van der Waals surface area contributed by atoms with Crippen molar-refractivity contribution in [3.05, 3.63) is 34.6 Å². The van der Waals surface area contributed by atoms with Crippen LogP contribution in [0, 0.1) is 12.7 Å². The molecule has 72 valence electrons. The average Bonchev–Trinajstić information content (AvgIpc) is 2.56. The predicted molar refractivity (Wildman–Crippen MR) is 49.0 cm³/mol. The van der Waals surface area contributed by atoms with Crippen LogP contribution in [0.4, 0.5) is 4.39 Å². The number of fused-ring (bicyclic) bond motifs is 1. The Labute approximate surface area is 79.9 Å². The molecule has 0 saturated heterocycles. The van der Waals surface area contributed by atoms with E-state index in [2.05, 4.69) is 4.99 Å². The molecule has 0 fully saturated rings. The summed E-state index contributed by atoms with van der Waals surface area (Å²) in [5, 5.41) is 8.82. The number of rotatable bonds is 1. The molecular formula is C10H8FNO2. The molecule has 1 aliphatic rings. The van der Waals surface area contributed by atoms with E-state index in [0.717, 1.165) is 5.56 Å². The van der Waals surface area contributed by atoms with Gasteiger partial charge in [-0.05, 0) is 18.6 Å². The Balaban J connectivity index is 2.65. The molecule has 1 aromatic carbocycles. The van der Waals surface area contributed by atoms with Gasteiger partial charge in [-0.25, -0.2) is 9.18 Å². The van der Waals surface area contributed by atoms with Gasteiger partial charge >= 0.3 is 5.97 Å². The molecule has 0 saturated carbocycles. The lowest BCUT2D eigenvalue weighted by Crippen LogP contribution is -2.14. The lowest BCUT2D eigenvalue weighted by molar-refractivity contribution is -0.129. The van der Waals surface area contributed by atoms with E-state index in [1.165, 1.54) is 6.07 Å². The SMILES string of the molecule is Cc1ccc(F)c2c1C(C(=O)O)=NC2. The van der Waals surface area contributed by atoms with E-state index in [0.29, 0.717) is 11.1 Å². The number of carboxylic acid groups (broad SMARTS) is 1. The lowest BCUT2D eigenvalue weighted by Gasteiger charge is -2.04. The van der Waals surface area contributed by atoms with Gasteiger partial charge in [0.1, 0.15) is 5.82 Å². The van der Waals surface area contributed by atoms with Crippen LogP contribution in [0.2, 0.25) is 0 Å². The number of carbonyl (C=O) groups is 1. The molecule has 0 unspecified atom stereocenters. The number of halogens is 1. The van der Waals surface area contributed by atoms with Crippen LogP contribution in [0.25, 0.3) is 0 Å². The maximum absolute atomic E-state index is 13.2. The van der Waals surface area contributed by atoms with Crippen molar-refractivity contribution < 1.29 is 14.3 Å². The lowest BCUT2D eigenvalue weighted by atomic mass is 10.00. The van der Waals surface area contributed by atoms with Gasteiger partial charge in [0.05, 0.1) is 6.54 Å². The third-order valence-corrected chi connectivity index (χ3v) is 2.30. The second-order valence-corrected chi connectivity index (χ2v) is 3.19. The predicted octanol–water partition coefficient (Wildman–Crippen LogP) is 1.52. The number of hydrogen-bond donors (Lipinski definition) is 1. The van der Waals surface area contributed by atoms with E-state index in [1.54, 1.807) is 13.0 Å². The van der Waals surface area contributed by atoms with Gasteiger partial charge in [0.25, 0.3) is 0 Å². The Hall–Kier alpha value is -1.71. The van der Waals surface area contributed by atoms with Crippen LogP contribution in [-0.4, -0.2) is 16.8 Å². The number of benzene rings is 1. The number of aliphatic carboxylic acids is 1. The minimum atomic E-state index is -1.10. The van der Waals surface area contributed by atoms with Crippen molar-refractivity contribution in [3.63, 3.8) is 0 Å². The number of nitrogens with zero attached hydrogens (tertiary/aromatic N) is 1. The molecule has 14 heavy (non-hydrogen) atoms. The second-order valence-electron chi connectivity index (χ2n) is 3.19. The Morgan fingerprint density at radius 3 is 2.93 bits per heavy atom. The van der Waals surface area contributed by atoms with Crippen molar-refractivity contribution in [2.45, 2.75) is 13.5 Å². The molecule has 1 heterocycles. The molecular weight excluding hydrogens is 185 g/mol. The fourth-order valence-electron chi connectivity index (χ4n) is 1.64. The van der Waals surface area contributed by atoms with Crippen molar-refractivity contribution >= 4 is 11.7 Å². The van der Waals surface area contributed by atoms with E-state index in [1.807, 2.05) is 0 Å². The topological polar surface area (TPSA) is 49.7 Å². The van der Waals surface area contributed by atoms with Crippen molar-refractivity contribution in [1.29, 1.82) is 0 Å². The zero-order chi connectivity index (χ0) is 10.3. The first kappa shape index (κ1) is 8.87. The summed E-state index contributed by atoms with van der Waals surface area (Å²) in [5.74, 6) is -1.48. The van der Waals surface area contributed by atoms with Gasteiger partial charge in [0, 0.05) is 11.1 Å². The van der Waals surface area contributed by atoms with Gasteiger partial charge in [-0.1, -0.05) is 6.07 Å². The van der Waals surface area contributed by atoms with E-state index in [-0.39, 0.29) is 18.1 Å². The van der Waals surface area contributed by atoms with E-state index in [9.17, 15) is 9.18 Å². The number of hydrogen-bond acceptors (Lipinski definition) is 2.